The van der Waals surface area contributed by atoms with E-state index in [9.17, 15) is 9.59 Å². The average molecular weight is 382 g/mol. The van der Waals surface area contributed by atoms with Crippen LogP contribution in [0.1, 0.15) is 46.4 Å². The van der Waals surface area contributed by atoms with Gasteiger partial charge in [0.2, 0.25) is 0 Å². The number of benzene rings is 2. The lowest BCUT2D eigenvalue weighted by atomic mass is 9.90. The molecule has 1 saturated carbocycles. The summed E-state index contributed by atoms with van der Waals surface area (Å²) in [4.78, 5) is 25.1. The van der Waals surface area contributed by atoms with Crippen LogP contribution in [0.15, 0.2) is 48.5 Å². The van der Waals surface area contributed by atoms with Gasteiger partial charge in [0.1, 0.15) is 11.5 Å². The molecular formula is C22H26N2O4. The normalized spacial score (nSPS) is 18.8. The fraction of sp³-hybridized carbons (Fsp3) is 0.364. The van der Waals surface area contributed by atoms with E-state index < -0.39 is 0 Å². The molecule has 6 nitrogen and oxygen atoms in total. The van der Waals surface area contributed by atoms with Crippen LogP contribution in [0.2, 0.25) is 0 Å². The highest BCUT2D eigenvalue weighted by Crippen LogP contribution is 2.23. The lowest BCUT2D eigenvalue weighted by Gasteiger charge is -2.30. The van der Waals surface area contributed by atoms with E-state index in [1.54, 1.807) is 38.5 Å². The van der Waals surface area contributed by atoms with Crippen LogP contribution in [0, 0.1) is 0 Å². The number of hydrogen-bond donors (Lipinski definition) is 2. The summed E-state index contributed by atoms with van der Waals surface area (Å²) < 4.78 is 10.5. The predicted molar refractivity (Wildman–Crippen MR) is 107 cm³/mol. The molecule has 0 aliphatic heterocycles. The Kier molecular flexibility index (Phi) is 6.53. The predicted octanol–water partition coefficient (Wildman–Crippen LogP) is 3.17. The Balaban J connectivity index is 1.52. The molecular weight excluding hydrogens is 356 g/mol. The third kappa shape index (κ3) is 4.63. The molecule has 3 rings (SSSR count). The second-order valence-electron chi connectivity index (χ2n) is 6.90. The largest absolute Gasteiger partial charge is 0.496 e. The monoisotopic (exact) mass is 382 g/mol. The molecule has 2 aromatic rings. The van der Waals surface area contributed by atoms with Gasteiger partial charge in [0.25, 0.3) is 11.8 Å². The highest BCUT2D eigenvalue weighted by Gasteiger charge is 2.25. The summed E-state index contributed by atoms with van der Waals surface area (Å²) in [6.07, 6.45) is 3.27. The summed E-state index contributed by atoms with van der Waals surface area (Å²) >= 11 is 0. The molecule has 28 heavy (non-hydrogen) atoms. The van der Waals surface area contributed by atoms with E-state index >= 15 is 0 Å². The molecule has 2 N–H and O–H groups in total. The van der Waals surface area contributed by atoms with E-state index in [1.807, 2.05) is 24.3 Å². The van der Waals surface area contributed by atoms with Crippen LogP contribution in [-0.2, 0) is 0 Å². The average Bonchev–Trinajstić information content (AvgIpc) is 2.74. The van der Waals surface area contributed by atoms with Crippen molar-refractivity contribution in [1.82, 2.24) is 10.6 Å². The number of amides is 2. The van der Waals surface area contributed by atoms with E-state index in [1.165, 1.54) is 0 Å². The summed E-state index contributed by atoms with van der Waals surface area (Å²) in [6.45, 7) is 0. The number of rotatable bonds is 6. The van der Waals surface area contributed by atoms with Crippen molar-refractivity contribution in [3.8, 4) is 11.5 Å². The van der Waals surface area contributed by atoms with Crippen molar-refractivity contribution in [3.63, 3.8) is 0 Å². The second-order valence-corrected chi connectivity index (χ2v) is 6.90. The van der Waals surface area contributed by atoms with Gasteiger partial charge in [-0.1, -0.05) is 24.3 Å². The van der Waals surface area contributed by atoms with Crippen molar-refractivity contribution >= 4 is 11.8 Å². The number of methoxy groups -OCH3 is 2. The standard InChI is InChI=1S/C22H26N2O4/c1-27-19-9-5-3-7-17(19)21(25)23-15-11-13-16(14-12-15)24-22(26)18-8-4-6-10-20(18)28-2/h3-10,15-16H,11-14H2,1-2H3,(H,23,25)(H,24,26). The zero-order valence-electron chi connectivity index (χ0n) is 16.2. The second kappa shape index (κ2) is 9.26. The zero-order valence-corrected chi connectivity index (χ0v) is 16.2. The smallest absolute Gasteiger partial charge is 0.255 e. The van der Waals surface area contributed by atoms with Crippen LogP contribution < -0.4 is 20.1 Å². The third-order valence-electron chi connectivity index (χ3n) is 5.10. The van der Waals surface area contributed by atoms with Crippen LogP contribution in [0.4, 0.5) is 0 Å². The van der Waals surface area contributed by atoms with Gasteiger partial charge in [-0.2, -0.15) is 0 Å². The fourth-order valence-electron chi connectivity index (χ4n) is 3.57. The summed E-state index contributed by atoms with van der Waals surface area (Å²) in [5.41, 5.74) is 1.08. The van der Waals surface area contributed by atoms with Gasteiger partial charge < -0.3 is 20.1 Å². The van der Waals surface area contributed by atoms with Gasteiger partial charge in [0, 0.05) is 12.1 Å². The van der Waals surface area contributed by atoms with Crippen molar-refractivity contribution in [3.05, 3.63) is 59.7 Å². The van der Waals surface area contributed by atoms with Crippen LogP contribution >= 0.6 is 0 Å². The first kappa shape index (κ1) is 19.7. The highest BCUT2D eigenvalue weighted by atomic mass is 16.5. The number of ether oxygens (including phenoxy) is 2. The van der Waals surface area contributed by atoms with Crippen LogP contribution in [0.25, 0.3) is 0 Å². The van der Waals surface area contributed by atoms with Gasteiger partial charge in [0.05, 0.1) is 25.3 Å². The first-order valence-corrected chi connectivity index (χ1v) is 9.50. The van der Waals surface area contributed by atoms with E-state index in [4.69, 9.17) is 9.47 Å². The minimum atomic E-state index is -0.126. The summed E-state index contributed by atoms with van der Waals surface area (Å²) in [5.74, 6) is 0.883. The van der Waals surface area contributed by atoms with E-state index in [0.29, 0.717) is 22.6 Å². The Morgan fingerprint density at radius 3 is 1.43 bits per heavy atom. The maximum Gasteiger partial charge on any atom is 0.255 e. The molecule has 0 saturated heterocycles. The SMILES string of the molecule is COc1ccccc1C(=O)NC1CCC(NC(=O)c2ccccc2OC)CC1. The van der Waals surface area contributed by atoms with E-state index in [2.05, 4.69) is 10.6 Å². The molecule has 1 fully saturated rings. The molecule has 2 aromatic carbocycles. The fourth-order valence-corrected chi connectivity index (χ4v) is 3.57. The molecule has 0 bridgehead atoms. The van der Waals surface area contributed by atoms with Crippen LogP contribution in [-0.4, -0.2) is 38.1 Å². The molecule has 6 heteroatoms. The Bertz CT molecular complexity index is 759. The first-order chi connectivity index (χ1) is 13.6. The van der Waals surface area contributed by atoms with Gasteiger partial charge >= 0.3 is 0 Å². The molecule has 1 aliphatic carbocycles. The molecule has 0 aromatic heterocycles. The van der Waals surface area contributed by atoms with Gasteiger partial charge in [-0.05, 0) is 49.9 Å². The molecule has 1 aliphatic rings. The van der Waals surface area contributed by atoms with E-state index in [-0.39, 0.29) is 23.9 Å². The van der Waals surface area contributed by atoms with Crippen molar-refractivity contribution in [2.45, 2.75) is 37.8 Å². The summed E-state index contributed by atoms with van der Waals surface area (Å²) in [5, 5.41) is 6.16. The Morgan fingerprint density at radius 2 is 1.07 bits per heavy atom. The number of hydrogen-bond acceptors (Lipinski definition) is 4. The minimum absolute atomic E-state index is 0.0943. The molecule has 148 valence electrons. The lowest BCUT2D eigenvalue weighted by molar-refractivity contribution is 0.0888. The van der Waals surface area contributed by atoms with Gasteiger partial charge in [0.15, 0.2) is 0 Å². The van der Waals surface area contributed by atoms with Crippen molar-refractivity contribution < 1.29 is 19.1 Å². The maximum absolute atomic E-state index is 12.5. The topological polar surface area (TPSA) is 76.7 Å². The lowest BCUT2D eigenvalue weighted by Crippen LogP contribution is -2.43. The van der Waals surface area contributed by atoms with Crippen LogP contribution in [0.5, 0.6) is 11.5 Å². The Hall–Kier alpha value is -3.02. The molecule has 0 spiro atoms. The molecule has 2 amide bonds. The van der Waals surface area contributed by atoms with Crippen molar-refractivity contribution in [1.29, 1.82) is 0 Å². The minimum Gasteiger partial charge on any atom is -0.496 e. The Morgan fingerprint density at radius 1 is 0.714 bits per heavy atom. The Labute approximate surface area is 165 Å². The number of nitrogens with one attached hydrogen (secondary N) is 2. The highest BCUT2D eigenvalue weighted by molar-refractivity contribution is 5.97. The van der Waals surface area contributed by atoms with Gasteiger partial charge in [-0.3, -0.25) is 9.59 Å². The van der Waals surface area contributed by atoms with Gasteiger partial charge in [-0.25, -0.2) is 0 Å². The number of carbonyl (C=O) groups excluding carboxylic acids is 2. The molecule has 0 unspecified atom stereocenters. The molecule has 0 atom stereocenters. The van der Waals surface area contributed by atoms with Crippen molar-refractivity contribution in [2.24, 2.45) is 0 Å². The maximum atomic E-state index is 12.5. The number of para-hydroxylation sites is 2. The first-order valence-electron chi connectivity index (χ1n) is 9.50. The van der Waals surface area contributed by atoms with Crippen molar-refractivity contribution in [2.75, 3.05) is 14.2 Å². The summed E-state index contributed by atoms with van der Waals surface area (Å²) in [7, 11) is 3.11. The van der Waals surface area contributed by atoms with Crippen LogP contribution in [0.3, 0.4) is 0 Å². The van der Waals surface area contributed by atoms with E-state index in [0.717, 1.165) is 25.7 Å². The summed E-state index contributed by atoms with van der Waals surface area (Å²) in [6, 6.07) is 14.6. The number of carbonyl (C=O) groups is 2. The zero-order chi connectivity index (χ0) is 19.9. The molecule has 0 heterocycles. The molecule has 0 radical (unpaired) electrons. The van der Waals surface area contributed by atoms with Gasteiger partial charge in [-0.15, -0.1) is 0 Å². The third-order valence-corrected chi connectivity index (χ3v) is 5.10. The quantitative estimate of drug-likeness (QED) is 0.805.